The maximum atomic E-state index is 16.3. The third kappa shape index (κ3) is 12.4. The van der Waals surface area contributed by atoms with Crippen LogP contribution >= 0.6 is 7.26 Å². The van der Waals surface area contributed by atoms with E-state index in [0.717, 1.165) is 57.8 Å². The molecule has 46 heavy (non-hydrogen) atoms. The van der Waals surface area contributed by atoms with Crippen molar-refractivity contribution < 1.29 is 57.1 Å². The van der Waals surface area contributed by atoms with Gasteiger partial charge in [0.2, 0.25) is 0 Å². The molecular formula is C32H56F13P. The van der Waals surface area contributed by atoms with Gasteiger partial charge in [-0.05, 0) is 0 Å². The van der Waals surface area contributed by atoms with Crippen LogP contribution in [0.2, 0.25) is 0 Å². The Bertz CT molecular complexity index is 738. The summed E-state index contributed by atoms with van der Waals surface area (Å²) in [7, 11) is -4.32. The molecule has 0 aliphatic heterocycles. The van der Waals surface area contributed by atoms with Crippen molar-refractivity contribution in [1.82, 2.24) is 0 Å². The van der Waals surface area contributed by atoms with Crippen molar-refractivity contribution in [2.45, 2.75) is 185 Å². The van der Waals surface area contributed by atoms with E-state index in [-0.39, 0.29) is 37.7 Å². The monoisotopic (exact) mass is 718 g/mol. The average Bonchev–Trinajstić information content (AvgIpc) is 3.00. The molecule has 0 saturated heterocycles. The number of unbranched alkanes of at least 4 members (excludes halogenated alkanes) is 15. The molecule has 0 nitrogen and oxygen atoms in total. The fourth-order valence-electron chi connectivity index (χ4n) is 5.99. The molecule has 0 aromatic rings. The number of rotatable bonds is 29. The predicted octanol–water partition coefficient (Wildman–Crippen LogP) is 13.6. The SMILES string of the molecule is CCCCCCCC[PH](CCCCCCCC)(CCCCCCCC)C(F)C(F)(F)C(F)(F)C(F)(F)C(F)(F)C(F)C(F)C(F)F. The first-order chi connectivity index (χ1) is 21.4. The van der Waals surface area contributed by atoms with Gasteiger partial charge in [0, 0.05) is 0 Å². The number of halogens is 13. The van der Waals surface area contributed by atoms with Gasteiger partial charge in [0.1, 0.15) is 0 Å². The van der Waals surface area contributed by atoms with Gasteiger partial charge in [0.15, 0.2) is 0 Å². The molecule has 0 aliphatic carbocycles. The van der Waals surface area contributed by atoms with Crippen molar-refractivity contribution in [2.75, 3.05) is 18.5 Å². The topological polar surface area (TPSA) is 0 Å². The second kappa shape index (κ2) is 21.6. The summed E-state index contributed by atoms with van der Waals surface area (Å²) in [5, 5.41) is 0. The molecule has 0 aliphatic rings. The third-order valence-corrected chi connectivity index (χ3v) is 14.5. The zero-order chi connectivity index (χ0) is 35.7. The Morgan fingerprint density at radius 2 is 0.696 bits per heavy atom. The van der Waals surface area contributed by atoms with Gasteiger partial charge in [-0.1, -0.05) is 0 Å². The Hall–Kier alpha value is -0.480. The first kappa shape index (κ1) is 45.5. The molecule has 280 valence electrons. The molecule has 0 spiro atoms. The van der Waals surface area contributed by atoms with Gasteiger partial charge in [0.05, 0.1) is 0 Å². The number of hydrogen-bond acceptors (Lipinski definition) is 0. The van der Waals surface area contributed by atoms with Gasteiger partial charge >= 0.3 is 268 Å². The molecule has 14 heteroatoms. The first-order valence-corrected chi connectivity index (χ1v) is 19.8. The van der Waals surface area contributed by atoms with Crippen molar-refractivity contribution in [3.05, 3.63) is 0 Å². The summed E-state index contributed by atoms with van der Waals surface area (Å²) in [6.45, 7) is 5.88. The molecule has 0 fully saturated rings. The molecule has 0 radical (unpaired) electrons. The molecule has 0 heterocycles. The van der Waals surface area contributed by atoms with Crippen molar-refractivity contribution >= 4 is 7.26 Å². The molecule has 0 N–H and O–H groups in total. The second-order valence-corrected chi connectivity index (χ2v) is 17.6. The van der Waals surface area contributed by atoms with Crippen LogP contribution in [0.3, 0.4) is 0 Å². The quantitative estimate of drug-likeness (QED) is 0.0410. The zero-order valence-electron chi connectivity index (χ0n) is 27.6. The van der Waals surface area contributed by atoms with Crippen molar-refractivity contribution in [3.63, 3.8) is 0 Å². The van der Waals surface area contributed by atoms with E-state index in [9.17, 15) is 43.9 Å². The zero-order valence-corrected chi connectivity index (χ0v) is 28.6. The van der Waals surface area contributed by atoms with E-state index in [1.807, 2.05) is 20.8 Å². The molecular weight excluding hydrogens is 662 g/mol. The summed E-state index contributed by atoms with van der Waals surface area (Å²) in [4.78, 5) is 0. The summed E-state index contributed by atoms with van der Waals surface area (Å²) in [5.74, 6) is -32.0. The van der Waals surface area contributed by atoms with Crippen LogP contribution in [-0.4, -0.2) is 66.9 Å². The van der Waals surface area contributed by atoms with E-state index in [2.05, 4.69) is 0 Å². The van der Waals surface area contributed by atoms with Crippen molar-refractivity contribution in [1.29, 1.82) is 0 Å². The fraction of sp³-hybridized carbons (Fsp3) is 1.00. The predicted molar refractivity (Wildman–Crippen MR) is 164 cm³/mol. The molecule has 0 bridgehead atoms. The Labute approximate surface area is 267 Å². The van der Waals surface area contributed by atoms with Gasteiger partial charge in [-0.3, -0.25) is 0 Å². The van der Waals surface area contributed by atoms with Gasteiger partial charge in [-0.15, -0.1) is 0 Å². The Morgan fingerprint density at radius 3 is 1.00 bits per heavy atom. The minimum absolute atomic E-state index is 0.153. The van der Waals surface area contributed by atoms with Gasteiger partial charge in [-0.2, -0.15) is 0 Å². The summed E-state index contributed by atoms with van der Waals surface area (Å²) < 4.78 is 187. The van der Waals surface area contributed by atoms with Gasteiger partial charge < -0.3 is 0 Å². The summed E-state index contributed by atoms with van der Waals surface area (Å²) in [6.07, 6.45) is -3.97. The fourth-order valence-corrected chi connectivity index (χ4v) is 11.3. The standard InChI is InChI=1S/C32H56F13P/c1-4-7-10-13-16-19-22-46(23-20-17-14-11-8-5-2,24-21-18-15-12-9-6-3)28(37)30(40,41)32(44,45)31(42,43)29(38,39)26(34)25(33)27(35)36/h25-28,46H,4-24H2,1-3H3. The third-order valence-electron chi connectivity index (χ3n) is 9.04. The van der Waals surface area contributed by atoms with E-state index >= 15 is 13.2 Å². The number of hydrogen-bond donors (Lipinski definition) is 0. The minimum atomic E-state index is -7.40. The summed E-state index contributed by atoms with van der Waals surface area (Å²) in [5.41, 5.74) is 0. The van der Waals surface area contributed by atoms with Crippen LogP contribution in [0.15, 0.2) is 0 Å². The van der Waals surface area contributed by atoms with Crippen LogP contribution in [0.5, 0.6) is 0 Å². The number of alkyl halides is 13. The van der Waals surface area contributed by atoms with Crippen LogP contribution < -0.4 is 0 Å². The first-order valence-electron chi connectivity index (χ1n) is 17.1. The Balaban J connectivity index is 6.58. The molecule has 0 amide bonds. The average molecular weight is 719 g/mol. The second-order valence-electron chi connectivity index (χ2n) is 12.9. The van der Waals surface area contributed by atoms with Gasteiger partial charge in [-0.25, -0.2) is 0 Å². The van der Waals surface area contributed by atoms with Crippen LogP contribution in [0, 0.1) is 0 Å². The maximum absolute atomic E-state index is 16.3. The Morgan fingerprint density at radius 1 is 0.413 bits per heavy atom. The van der Waals surface area contributed by atoms with E-state index in [0.29, 0.717) is 38.5 Å². The van der Waals surface area contributed by atoms with Crippen LogP contribution in [0.1, 0.15) is 136 Å². The van der Waals surface area contributed by atoms with Crippen molar-refractivity contribution in [3.8, 4) is 0 Å². The molecule has 0 rings (SSSR count). The Kier molecular flexibility index (Phi) is 21.3. The van der Waals surface area contributed by atoms with Crippen LogP contribution in [-0.2, 0) is 0 Å². The molecule has 0 saturated carbocycles. The van der Waals surface area contributed by atoms with Gasteiger partial charge in [0.25, 0.3) is 0 Å². The summed E-state index contributed by atoms with van der Waals surface area (Å²) >= 11 is 0. The van der Waals surface area contributed by atoms with E-state index in [4.69, 9.17) is 0 Å². The molecule has 3 atom stereocenters. The van der Waals surface area contributed by atoms with E-state index in [1.165, 1.54) is 0 Å². The molecule has 0 aromatic carbocycles. The van der Waals surface area contributed by atoms with Crippen LogP contribution in [0.25, 0.3) is 0 Å². The van der Waals surface area contributed by atoms with E-state index in [1.54, 1.807) is 0 Å². The summed E-state index contributed by atoms with van der Waals surface area (Å²) in [6, 6.07) is 0. The molecule has 0 aromatic heterocycles. The van der Waals surface area contributed by atoms with Crippen LogP contribution in [0.4, 0.5) is 57.1 Å². The van der Waals surface area contributed by atoms with Crippen molar-refractivity contribution in [2.24, 2.45) is 0 Å². The molecule has 3 unspecified atom stereocenters. The normalized spacial score (nSPS) is 16.2. The van der Waals surface area contributed by atoms with E-state index < -0.39 is 55.6 Å².